The van der Waals surface area contributed by atoms with Gasteiger partial charge in [-0.2, -0.15) is 0 Å². The SMILES string of the molecule is CNCC1COCCN1CC1Cc2cc(F)ccc2O1. The van der Waals surface area contributed by atoms with Crippen LogP contribution in [0.2, 0.25) is 0 Å². The minimum Gasteiger partial charge on any atom is -0.488 e. The Bertz CT molecular complexity index is 467. The van der Waals surface area contributed by atoms with Gasteiger partial charge in [0.25, 0.3) is 0 Å². The second kappa shape index (κ2) is 6.08. The number of fused-ring (bicyclic) bond motifs is 1. The molecule has 1 saturated heterocycles. The van der Waals surface area contributed by atoms with E-state index in [1.807, 2.05) is 7.05 Å². The zero-order valence-electron chi connectivity index (χ0n) is 11.8. The molecule has 0 aromatic heterocycles. The Morgan fingerprint density at radius 2 is 2.35 bits per heavy atom. The van der Waals surface area contributed by atoms with Crippen LogP contribution in [-0.4, -0.2) is 56.9 Å². The van der Waals surface area contributed by atoms with Crippen molar-refractivity contribution in [1.29, 1.82) is 0 Å². The van der Waals surface area contributed by atoms with Crippen molar-refractivity contribution in [1.82, 2.24) is 10.2 Å². The Labute approximate surface area is 118 Å². The van der Waals surface area contributed by atoms with Gasteiger partial charge >= 0.3 is 0 Å². The predicted octanol–water partition coefficient (Wildman–Crippen LogP) is 1.05. The molecule has 2 unspecified atom stereocenters. The molecule has 5 heteroatoms. The largest absolute Gasteiger partial charge is 0.488 e. The smallest absolute Gasteiger partial charge is 0.123 e. The summed E-state index contributed by atoms with van der Waals surface area (Å²) in [7, 11) is 1.96. The molecule has 20 heavy (non-hydrogen) atoms. The summed E-state index contributed by atoms with van der Waals surface area (Å²) in [5, 5.41) is 3.20. The van der Waals surface area contributed by atoms with Crippen molar-refractivity contribution in [3.63, 3.8) is 0 Å². The molecule has 2 aliphatic rings. The van der Waals surface area contributed by atoms with Crippen LogP contribution < -0.4 is 10.1 Å². The van der Waals surface area contributed by atoms with E-state index in [1.165, 1.54) is 6.07 Å². The summed E-state index contributed by atoms with van der Waals surface area (Å²) in [6, 6.07) is 5.16. The second-order valence-electron chi connectivity index (χ2n) is 5.48. The Balaban J connectivity index is 1.61. The molecule has 0 aliphatic carbocycles. The summed E-state index contributed by atoms with van der Waals surface area (Å²) in [6.45, 7) is 4.24. The van der Waals surface area contributed by atoms with Crippen molar-refractivity contribution in [2.24, 2.45) is 0 Å². The van der Waals surface area contributed by atoms with Crippen LogP contribution in [0.15, 0.2) is 18.2 Å². The van der Waals surface area contributed by atoms with Crippen LogP contribution in [0, 0.1) is 5.82 Å². The van der Waals surface area contributed by atoms with Crippen LogP contribution in [-0.2, 0) is 11.2 Å². The summed E-state index contributed by atoms with van der Waals surface area (Å²) in [6.07, 6.45) is 0.903. The molecule has 2 aliphatic heterocycles. The standard InChI is InChI=1S/C15H21FN2O2/c1-17-8-13-10-19-5-4-18(13)9-14-7-11-6-12(16)2-3-15(11)20-14/h2-3,6,13-14,17H,4-5,7-10H2,1H3. The van der Waals surface area contributed by atoms with Gasteiger partial charge < -0.3 is 14.8 Å². The maximum Gasteiger partial charge on any atom is 0.123 e. The van der Waals surface area contributed by atoms with Gasteiger partial charge in [-0.15, -0.1) is 0 Å². The summed E-state index contributed by atoms with van der Waals surface area (Å²) in [5.74, 6) is 0.641. The van der Waals surface area contributed by atoms with E-state index in [0.717, 1.165) is 50.6 Å². The van der Waals surface area contributed by atoms with Gasteiger partial charge in [-0.25, -0.2) is 4.39 Å². The van der Waals surface area contributed by atoms with Crippen LogP contribution >= 0.6 is 0 Å². The number of morpholine rings is 1. The molecule has 1 aromatic carbocycles. The van der Waals surface area contributed by atoms with Crippen molar-refractivity contribution >= 4 is 0 Å². The first kappa shape index (κ1) is 13.8. The lowest BCUT2D eigenvalue weighted by Gasteiger charge is -2.36. The first-order valence-corrected chi connectivity index (χ1v) is 7.17. The average molecular weight is 280 g/mol. The lowest BCUT2D eigenvalue weighted by atomic mass is 10.1. The van der Waals surface area contributed by atoms with E-state index < -0.39 is 0 Å². The average Bonchev–Trinajstić information content (AvgIpc) is 2.82. The maximum absolute atomic E-state index is 13.2. The van der Waals surface area contributed by atoms with Gasteiger partial charge in [0.05, 0.1) is 13.2 Å². The van der Waals surface area contributed by atoms with E-state index >= 15 is 0 Å². The summed E-state index contributed by atoms with van der Waals surface area (Å²) >= 11 is 0. The van der Waals surface area contributed by atoms with E-state index in [9.17, 15) is 4.39 Å². The highest BCUT2D eigenvalue weighted by Gasteiger charge is 2.29. The number of hydrogen-bond donors (Lipinski definition) is 1. The molecule has 1 N–H and O–H groups in total. The fourth-order valence-corrected chi connectivity index (χ4v) is 3.01. The molecular weight excluding hydrogens is 259 g/mol. The third-order valence-electron chi connectivity index (χ3n) is 3.99. The number of nitrogens with zero attached hydrogens (tertiary/aromatic N) is 1. The van der Waals surface area contributed by atoms with Crippen LogP contribution in [0.25, 0.3) is 0 Å². The van der Waals surface area contributed by atoms with E-state index in [2.05, 4.69) is 10.2 Å². The molecule has 0 radical (unpaired) electrons. The van der Waals surface area contributed by atoms with E-state index in [0.29, 0.717) is 6.04 Å². The third-order valence-corrected chi connectivity index (χ3v) is 3.99. The predicted molar refractivity (Wildman–Crippen MR) is 74.6 cm³/mol. The number of ether oxygens (including phenoxy) is 2. The summed E-state index contributed by atoms with van der Waals surface area (Å²) in [5.41, 5.74) is 0.980. The number of likely N-dealkylation sites (N-methyl/N-ethyl adjacent to an activating group) is 1. The normalized spacial score (nSPS) is 26.3. The third kappa shape index (κ3) is 2.95. The first-order chi connectivity index (χ1) is 9.76. The molecule has 110 valence electrons. The summed E-state index contributed by atoms with van der Waals surface area (Å²) in [4.78, 5) is 2.41. The van der Waals surface area contributed by atoms with Crippen molar-refractivity contribution in [2.45, 2.75) is 18.6 Å². The molecule has 4 nitrogen and oxygen atoms in total. The van der Waals surface area contributed by atoms with Gasteiger partial charge in [0, 0.05) is 37.7 Å². The highest BCUT2D eigenvalue weighted by molar-refractivity contribution is 5.37. The lowest BCUT2D eigenvalue weighted by Crippen LogP contribution is -2.52. The van der Waals surface area contributed by atoms with Gasteiger partial charge in [0.1, 0.15) is 17.7 Å². The Morgan fingerprint density at radius 1 is 1.45 bits per heavy atom. The van der Waals surface area contributed by atoms with Crippen LogP contribution in [0.1, 0.15) is 5.56 Å². The number of rotatable bonds is 4. The van der Waals surface area contributed by atoms with Crippen molar-refractivity contribution in [2.75, 3.05) is 39.9 Å². The maximum atomic E-state index is 13.2. The van der Waals surface area contributed by atoms with E-state index in [-0.39, 0.29) is 11.9 Å². The zero-order chi connectivity index (χ0) is 13.9. The van der Waals surface area contributed by atoms with Crippen molar-refractivity contribution < 1.29 is 13.9 Å². The monoisotopic (exact) mass is 280 g/mol. The van der Waals surface area contributed by atoms with Gasteiger partial charge in [0.2, 0.25) is 0 Å². The van der Waals surface area contributed by atoms with Crippen LogP contribution in [0.4, 0.5) is 4.39 Å². The topological polar surface area (TPSA) is 33.7 Å². The molecule has 0 bridgehead atoms. The molecule has 2 atom stereocenters. The Kier molecular flexibility index (Phi) is 4.19. The fraction of sp³-hybridized carbons (Fsp3) is 0.600. The Morgan fingerprint density at radius 3 is 3.20 bits per heavy atom. The van der Waals surface area contributed by atoms with Gasteiger partial charge in [0.15, 0.2) is 0 Å². The molecule has 3 rings (SSSR count). The minimum atomic E-state index is -0.188. The highest BCUT2D eigenvalue weighted by Crippen LogP contribution is 2.29. The quantitative estimate of drug-likeness (QED) is 0.894. The molecular formula is C15H21FN2O2. The number of hydrogen-bond acceptors (Lipinski definition) is 4. The molecule has 0 saturated carbocycles. The lowest BCUT2D eigenvalue weighted by molar-refractivity contribution is -0.0193. The molecule has 1 aromatic rings. The van der Waals surface area contributed by atoms with Gasteiger partial charge in [-0.3, -0.25) is 4.90 Å². The molecule has 1 fully saturated rings. The van der Waals surface area contributed by atoms with Crippen molar-refractivity contribution in [3.05, 3.63) is 29.6 Å². The number of nitrogens with one attached hydrogen (secondary N) is 1. The summed E-state index contributed by atoms with van der Waals surface area (Å²) < 4.78 is 24.7. The van der Waals surface area contributed by atoms with Crippen LogP contribution in [0.3, 0.4) is 0 Å². The zero-order valence-corrected chi connectivity index (χ0v) is 11.8. The second-order valence-corrected chi connectivity index (χ2v) is 5.48. The molecule has 0 spiro atoms. The van der Waals surface area contributed by atoms with Crippen LogP contribution in [0.5, 0.6) is 5.75 Å². The molecule has 2 heterocycles. The van der Waals surface area contributed by atoms with Gasteiger partial charge in [-0.05, 0) is 25.2 Å². The van der Waals surface area contributed by atoms with Crippen molar-refractivity contribution in [3.8, 4) is 5.75 Å². The van der Waals surface area contributed by atoms with Gasteiger partial charge in [-0.1, -0.05) is 0 Å². The van der Waals surface area contributed by atoms with E-state index in [1.54, 1.807) is 12.1 Å². The highest BCUT2D eigenvalue weighted by atomic mass is 19.1. The molecule has 0 amide bonds. The fourth-order valence-electron chi connectivity index (χ4n) is 3.01. The number of benzene rings is 1. The first-order valence-electron chi connectivity index (χ1n) is 7.17. The number of halogens is 1. The van der Waals surface area contributed by atoms with E-state index in [4.69, 9.17) is 9.47 Å². The Hall–Kier alpha value is -1.17. The minimum absolute atomic E-state index is 0.115.